The summed E-state index contributed by atoms with van der Waals surface area (Å²) in [6, 6.07) is 9.98. The Morgan fingerprint density at radius 1 is 1.05 bits per heavy atom. The van der Waals surface area contributed by atoms with Crippen LogP contribution in [0.2, 0.25) is 0 Å². The van der Waals surface area contributed by atoms with Crippen LogP contribution in [0.4, 0.5) is 5.82 Å². The Labute approximate surface area is 113 Å². The Morgan fingerprint density at radius 2 is 1.74 bits per heavy atom. The molecule has 1 heterocycles. The van der Waals surface area contributed by atoms with E-state index in [2.05, 4.69) is 0 Å². The number of benzene rings is 1. The molecule has 3 rings (SSSR count). The number of hydrogen-bond donors (Lipinski definition) is 2. The van der Waals surface area contributed by atoms with Gasteiger partial charge in [0, 0.05) is 11.5 Å². The standard InChI is InChI=1S/C15H20N4/c16-14-13(11-7-3-1-4-8-11)18-15(19(14)17)12-9-5-2-6-10-12/h2,5-6,9-11H,1,3-4,7-8,16-17H2. The molecule has 4 heteroatoms. The molecule has 1 aromatic heterocycles. The van der Waals surface area contributed by atoms with Gasteiger partial charge >= 0.3 is 0 Å². The van der Waals surface area contributed by atoms with E-state index in [1.807, 2.05) is 30.3 Å². The Hall–Kier alpha value is -1.97. The first-order valence-electron chi connectivity index (χ1n) is 6.96. The lowest BCUT2D eigenvalue weighted by Gasteiger charge is -2.20. The second-order valence-electron chi connectivity index (χ2n) is 5.28. The molecule has 0 saturated heterocycles. The van der Waals surface area contributed by atoms with Crippen molar-refractivity contribution in [1.82, 2.24) is 9.66 Å². The molecule has 0 atom stereocenters. The second-order valence-corrected chi connectivity index (χ2v) is 5.28. The van der Waals surface area contributed by atoms with E-state index in [1.54, 1.807) is 0 Å². The first-order chi connectivity index (χ1) is 9.27. The molecule has 4 nitrogen and oxygen atoms in total. The van der Waals surface area contributed by atoms with Crippen molar-refractivity contribution < 1.29 is 0 Å². The monoisotopic (exact) mass is 256 g/mol. The molecular weight excluding hydrogens is 236 g/mol. The fraction of sp³-hybridized carbons (Fsp3) is 0.400. The van der Waals surface area contributed by atoms with E-state index in [0.717, 1.165) is 17.1 Å². The van der Waals surface area contributed by atoms with Crippen LogP contribution >= 0.6 is 0 Å². The van der Waals surface area contributed by atoms with Gasteiger partial charge in [0.25, 0.3) is 0 Å². The largest absolute Gasteiger partial charge is 0.382 e. The molecule has 0 spiro atoms. The van der Waals surface area contributed by atoms with Gasteiger partial charge in [0.05, 0.1) is 5.69 Å². The third-order valence-electron chi connectivity index (χ3n) is 4.00. The molecule has 4 N–H and O–H groups in total. The number of rotatable bonds is 2. The topological polar surface area (TPSA) is 69.9 Å². The number of imidazole rings is 1. The highest BCUT2D eigenvalue weighted by atomic mass is 15.4. The van der Waals surface area contributed by atoms with Crippen LogP contribution in [0.1, 0.15) is 43.7 Å². The predicted octanol–water partition coefficient (Wildman–Crippen LogP) is 2.89. The first kappa shape index (κ1) is 12.1. The summed E-state index contributed by atoms with van der Waals surface area (Å²) >= 11 is 0. The molecule has 0 radical (unpaired) electrons. The fourth-order valence-electron chi connectivity index (χ4n) is 2.93. The zero-order valence-corrected chi connectivity index (χ0v) is 11.0. The van der Waals surface area contributed by atoms with Crippen LogP contribution in [0.5, 0.6) is 0 Å². The molecule has 0 aliphatic heterocycles. The van der Waals surface area contributed by atoms with E-state index in [0.29, 0.717) is 11.7 Å². The van der Waals surface area contributed by atoms with E-state index >= 15 is 0 Å². The van der Waals surface area contributed by atoms with Crippen molar-refractivity contribution in [2.24, 2.45) is 0 Å². The maximum Gasteiger partial charge on any atom is 0.160 e. The van der Waals surface area contributed by atoms with Crippen molar-refractivity contribution in [3.05, 3.63) is 36.0 Å². The number of hydrogen-bond acceptors (Lipinski definition) is 3. The number of nitrogens with zero attached hydrogens (tertiary/aromatic N) is 2. The highest BCUT2D eigenvalue weighted by Crippen LogP contribution is 2.36. The van der Waals surface area contributed by atoms with Gasteiger partial charge in [-0.3, -0.25) is 0 Å². The number of nitrogen functional groups attached to an aromatic ring is 2. The van der Waals surface area contributed by atoms with Crippen molar-refractivity contribution >= 4 is 5.82 Å². The SMILES string of the molecule is Nc1c(C2CCCCC2)nc(-c2ccccc2)n1N. The van der Waals surface area contributed by atoms with Crippen LogP contribution in [0, 0.1) is 0 Å². The number of anilines is 1. The second kappa shape index (κ2) is 4.96. The fourth-order valence-corrected chi connectivity index (χ4v) is 2.93. The molecule has 100 valence electrons. The van der Waals surface area contributed by atoms with E-state index in [9.17, 15) is 0 Å². The molecule has 1 saturated carbocycles. The van der Waals surface area contributed by atoms with Gasteiger partial charge in [-0.05, 0) is 12.8 Å². The minimum absolute atomic E-state index is 0.473. The van der Waals surface area contributed by atoms with Crippen molar-refractivity contribution in [2.45, 2.75) is 38.0 Å². The Balaban J connectivity index is 1.99. The quantitative estimate of drug-likeness (QED) is 0.812. The van der Waals surface area contributed by atoms with Gasteiger partial charge in [0.15, 0.2) is 5.82 Å². The summed E-state index contributed by atoms with van der Waals surface area (Å²) in [4.78, 5) is 4.72. The van der Waals surface area contributed by atoms with Gasteiger partial charge in [0.1, 0.15) is 5.82 Å². The lowest BCUT2D eigenvalue weighted by atomic mass is 9.87. The minimum atomic E-state index is 0.473. The van der Waals surface area contributed by atoms with Crippen LogP contribution in [0.25, 0.3) is 11.4 Å². The van der Waals surface area contributed by atoms with Gasteiger partial charge in [-0.15, -0.1) is 0 Å². The molecule has 19 heavy (non-hydrogen) atoms. The molecule has 0 unspecified atom stereocenters. The van der Waals surface area contributed by atoms with Crippen molar-refractivity contribution in [3.8, 4) is 11.4 Å². The van der Waals surface area contributed by atoms with Gasteiger partial charge < -0.3 is 11.6 Å². The molecule has 1 aliphatic rings. The smallest absolute Gasteiger partial charge is 0.160 e. The van der Waals surface area contributed by atoms with Crippen LogP contribution in [-0.4, -0.2) is 9.66 Å². The summed E-state index contributed by atoms with van der Waals surface area (Å²) in [5.41, 5.74) is 8.15. The summed E-state index contributed by atoms with van der Waals surface area (Å²) in [5.74, 6) is 7.92. The predicted molar refractivity (Wildman–Crippen MR) is 78.1 cm³/mol. The average molecular weight is 256 g/mol. The lowest BCUT2D eigenvalue weighted by molar-refractivity contribution is 0.438. The van der Waals surface area contributed by atoms with Crippen molar-refractivity contribution in [1.29, 1.82) is 0 Å². The van der Waals surface area contributed by atoms with Crippen LogP contribution < -0.4 is 11.6 Å². The van der Waals surface area contributed by atoms with Gasteiger partial charge in [0.2, 0.25) is 0 Å². The van der Waals surface area contributed by atoms with E-state index in [4.69, 9.17) is 16.6 Å². The average Bonchev–Trinajstić information content (AvgIpc) is 2.77. The molecular formula is C15H20N4. The number of aromatic nitrogens is 2. The summed E-state index contributed by atoms with van der Waals surface area (Å²) < 4.78 is 1.53. The van der Waals surface area contributed by atoms with E-state index in [1.165, 1.54) is 36.8 Å². The third kappa shape index (κ3) is 2.18. The highest BCUT2D eigenvalue weighted by Gasteiger charge is 2.23. The Bertz CT molecular complexity index is 553. The molecule has 1 aromatic carbocycles. The zero-order valence-electron chi connectivity index (χ0n) is 11.0. The Morgan fingerprint density at radius 3 is 2.42 bits per heavy atom. The van der Waals surface area contributed by atoms with Gasteiger partial charge in [-0.1, -0.05) is 49.6 Å². The van der Waals surface area contributed by atoms with Gasteiger partial charge in [-0.25, -0.2) is 9.66 Å². The minimum Gasteiger partial charge on any atom is -0.382 e. The third-order valence-corrected chi connectivity index (χ3v) is 4.00. The van der Waals surface area contributed by atoms with Crippen LogP contribution in [0.15, 0.2) is 30.3 Å². The summed E-state index contributed by atoms with van der Waals surface area (Å²) in [7, 11) is 0. The number of nitrogens with two attached hydrogens (primary N) is 2. The van der Waals surface area contributed by atoms with E-state index < -0.39 is 0 Å². The molecule has 0 bridgehead atoms. The maximum atomic E-state index is 6.15. The van der Waals surface area contributed by atoms with Crippen molar-refractivity contribution in [2.75, 3.05) is 11.6 Å². The normalized spacial score (nSPS) is 16.6. The van der Waals surface area contributed by atoms with Crippen LogP contribution in [0.3, 0.4) is 0 Å². The first-order valence-corrected chi connectivity index (χ1v) is 6.96. The summed E-state index contributed by atoms with van der Waals surface area (Å²) in [6.07, 6.45) is 6.21. The Kier molecular flexibility index (Phi) is 3.15. The summed E-state index contributed by atoms with van der Waals surface area (Å²) in [5, 5.41) is 0. The van der Waals surface area contributed by atoms with E-state index in [-0.39, 0.29) is 0 Å². The molecule has 2 aromatic rings. The maximum absolute atomic E-state index is 6.15. The lowest BCUT2D eigenvalue weighted by Crippen LogP contribution is -2.14. The zero-order chi connectivity index (χ0) is 13.2. The van der Waals surface area contributed by atoms with Crippen molar-refractivity contribution in [3.63, 3.8) is 0 Å². The molecule has 1 aliphatic carbocycles. The molecule has 1 fully saturated rings. The summed E-state index contributed by atoms with van der Waals surface area (Å²) in [6.45, 7) is 0. The highest BCUT2D eigenvalue weighted by molar-refractivity contribution is 5.61. The van der Waals surface area contributed by atoms with Gasteiger partial charge in [-0.2, -0.15) is 0 Å². The molecule has 0 amide bonds. The van der Waals surface area contributed by atoms with Crippen LogP contribution in [-0.2, 0) is 0 Å².